The number of aryl methyl sites for hydroxylation is 2. The Morgan fingerprint density at radius 1 is 1.56 bits per heavy atom. The second-order valence-corrected chi connectivity index (χ2v) is 2.98. The van der Waals surface area contributed by atoms with Crippen molar-refractivity contribution in [2.45, 2.75) is 13.8 Å². The van der Waals surface area contributed by atoms with Crippen LogP contribution < -0.4 is 5.48 Å². The van der Waals surface area contributed by atoms with Gasteiger partial charge in [-0.3, -0.25) is 5.21 Å². The molecule has 0 aliphatic heterocycles. The first-order chi connectivity index (χ1) is 4.24. The van der Waals surface area contributed by atoms with Crippen molar-refractivity contribution < 1.29 is 5.21 Å². The zero-order valence-corrected chi connectivity index (χ0v) is 6.12. The molecule has 0 unspecified atom stereocenters. The molecule has 0 saturated heterocycles. The Hall–Kier alpha value is -0.610. The minimum atomic E-state index is 0.560. The second-order valence-electron chi connectivity index (χ2n) is 1.77. The Balaban J connectivity index is 2.98. The maximum absolute atomic E-state index is 8.37. The zero-order valence-electron chi connectivity index (χ0n) is 5.30. The number of nitrogens with zero attached hydrogens (tertiary/aromatic N) is 1. The van der Waals surface area contributed by atoms with Gasteiger partial charge in [-0.15, -0.1) is 11.3 Å². The number of hydrogen-bond acceptors (Lipinski definition) is 4. The number of aromatic nitrogens is 1. The van der Waals surface area contributed by atoms with Crippen LogP contribution in [0, 0.1) is 13.8 Å². The Kier molecular flexibility index (Phi) is 1.68. The van der Waals surface area contributed by atoms with E-state index in [9.17, 15) is 0 Å². The van der Waals surface area contributed by atoms with E-state index in [4.69, 9.17) is 5.21 Å². The summed E-state index contributed by atoms with van der Waals surface area (Å²) in [5, 5.41) is 8.93. The largest absolute Gasteiger partial charge is 0.289 e. The molecule has 0 aromatic carbocycles. The van der Waals surface area contributed by atoms with Gasteiger partial charge >= 0.3 is 0 Å². The van der Waals surface area contributed by atoms with Crippen LogP contribution in [0.25, 0.3) is 0 Å². The quantitative estimate of drug-likeness (QED) is 0.588. The van der Waals surface area contributed by atoms with Gasteiger partial charge in [-0.05, 0) is 13.8 Å². The molecule has 1 aromatic heterocycles. The van der Waals surface area contributed by atoms with Gasteiger partial charge in [-0.25, -0.2) is 10.5 Å². The summed E-state index contributed by atoms with van der Waals surface area (Å²) in [6.45, 7) is 3.88. The van der Waals surface area contributed by atoms with Gasteiger partial charge in [0.2, 0.25) is 5.13 Å². The third kappa shape index (κ3) is 1.20. The Bertz CT molecular complexity index is 189. The van der Waals surface area contributed by atoms with Crippen molar-refractivity contribution in [2.75, 3.05) is 5.48 Å². The van der Waals surface area contributed by atoms with Crippen LogP contribution >= 0.6 is 11.3 Å². The molecule has 50 valence electrons. The first-order valence-electron chi connectivity index (χ1n) is 2.58. The number of hydrogen-bond donors (Lipinski definition) is 2. The Labute approximate surface area is 57.3 Å². The van der Waals surface area contributed by atoms with E-state index in [1.54, 1.807) is 0 Å². The summed E-state index contributed by atoms with van der Waals surface area (Å²) in [6.07, 6.45) is 0. The first kappa shape index (κ1) is 6.51. The van der Waals surface area contributed by atoms with Gasteiger partial charge in [0, 0.05) is 4.88 Å². The zero-order chi connectivity index (χ0) is 6.85. The lowest BCUT2D eigenvalue weighted by molar-refractivity contribution is 0.388. The highest BCUT2D eigenvalue weighted by Crippen LogP contribution is 2.19. The van der Waals surface area contributed by atoms with Gasteiger partial charge < -0.3 is 0 Å². The molecule has 3 nitrogen and oxygen atoms in total. The maximum Gasteiger partial charge on any atom is 0.207 e. The average Bonchev–Trinajstić information content (AvgIpc) is 2.13. The molecule has 0 radical (unpaired) electrons. The van der Waals surface area contributed by atoms with Gasteiger partial charge in [-0.2, -0.15) is 0 Å². The number of thiazole rings is 1. The van der Waals surface area contributed by atoms with Crippen LogP contribution in [0.1, 0.15) is 10.6 Å². The molecule has 0 aliphatic rings. The van der Waals surface area contributed by atoms with Gasteiger partial charge in [-0.1, -0.05) is 0 Å². The monoisotopic (exact) mass is 144 g/mol. The van der Waals surface area contributed by atoms with E-state index in [0.29, 0.717) is 5.13 Å². The number of rotatable bonds is 1. The highest BCUT2D eigenvalue weighted by molar-refractivity contribution is 7.15. The van der Waals surface area contributed by atoms with E-state index in [0.717, 1.165) is 10.6 Å². The van der Waals surface area contributed by atoms with E-state index < -0.39 is 0 Å². The van der Waals surface area contributed by atoms with Gasteiger partial charge in [0.1, 0.15) is 0 Å². The van der Waals surface area contributed by atoms with Crippen molar-refractivity contribution in [3.05, 3.63) is 10.6 Å². The molecular formula is C5H8N2OS. The van der Waals surface area contributed by atoms with E-state index in [1.165, 1.54) is 11.3 Å². The van der Waals surface area contributed by atoms with E-state index in [2.05, 4.69) is 4.98 Å². The SMILES string of the molecule is Cc1nc(NO)sc1C. The number of anilines is 1. The third-order valence-electron chi connectivity index (χ3n) is 1.12. The van der Waals surface area contributed by atoms with Crippen molar-refractivity contribution in [2.24, 2.45) is 0 Å². The minimum Gasteiger partial charge on any atom is -0.289 e. The molecule has 2 N–H and O–H groups in total. The molecule has 1 aromatic rings. The molecule has 1 rings (SSSR count). The van der Waals surface area contributed by atoms with Gasteiger partial charge in [0.05, 0.1) is 5.69 Å². The summed E-state index contributed by atoms with van der Waals surface area (Å²) >= 11 is 1.44. The summed E-state index contributed by atoms with van der Waals surface area (Å²) in [5.41, 5.74) is 2.97. The van der Waals surface area contributed by atoms with Crippen LogP contribution in [0.4, 0.5) is 5.13 Å². The molecule has 9 heavy (non-hydrogen) atoms. The van der Waals surface area contributed by atoms with E-state index in [1.807, 2.05) is 19.3 Å². The van der Waals surface area contributed by atoms with Crippen LogP contribution in [0.5, 0.6) is 0 Å². The molecule has 0 fully saturated rings. The molecule has 0 amide bonds. The predicted octanol–water partition coefficient (Wildman–Crippen LogP) is 1.56. The fourth-order valence-corrected chi connectivity index (χ4v) is 1.23. The molecule has 0 saturated carbocycles. The first-order valence-corrected chi connectivity index (χ1v) is 3.40. The summed E-state index contributed by atoms with van der Waals surface area (Å²) in [7, 11) is 0. The van der Waals surface area contributed by atoms with Crippen molar-refractivity contribution in [3.8, 4) is 0 Å². The lowest BCUT2D eigenvalue weighted by Crippen LogP contribution is -1.86. The number of nitrogens with one attached hydrogen (secondary N) is 1. The normalized spacial score (nSPS) is 9.67. The Morgan fingerprint density at radius 3 is 2.44 bits per heavy atom. The fourth-order valence-electron chi connectivity index (χ4n) is 0.521. The van der Waals surface area contributed by atoms with Crippen molar-refractivity contribution >= 4 is 16.5 Å². The summed E-state index contributed by atoms with van der Waals surface area (Å²) in [6, 6.07) is 0. The summed E-state index contributed by atoms with van der Waals surface area (Å²) < 4.78 is 0. The van der Waals surface area contributed by atoms with Gasteiger partial charge in [0.25, 0.3) is 0 Å². The van der Waals surface area contributed by atoms with E-state index in [-0.39, 0.29) is 0 Å². The predicted molar refractivity (Wildman–Crippen MR) is 37.0 cm³/mol. The lowest BCUT2D eigenvalue weighted by atomic mass is 10.4. The highest BCUT2D eigenvalue weighted by atomic mass is 32.1. The molecule has 1 heterocycles. The smallest absolute Gasteiger partial charge is 0.207 e. The van der Waals surface area contributed by atoms with Crippen molar-refractivity contribution in [1.82, 2.24) is 4.98 Å². The van der Waals surface area contributed by atoms with Crippen molar-refractivity contribution in [1.29, 1.82) is 0 Å². The second kappa shape index (κ2) is 2.33. The van der Waals surface area contributed by atoms with Crippen LogP contribution in [-0.2, 0) is 0 Å². The summed E-state index contributed by atoms with van der Waals surface area (Å²) in [5.74, 6) is 0. The molecular weight excluding hydrogens is 136 g/mol. The summed E-state index contributed by atoms with van der Waals surface area (Å²) in [4.78, 5) is 5.12. The van der Waals surface area contributed by atoms with Crippen molar-refractivity contribution in [3.63, 3.8) is 0 Å². The lowest BCUT2D eigenvalue weighted by Gasteiger charge is -1.83. The van der Waals surface area contributed by atoms with Crippen LogP contribution in [0.15, 0.2) is 0 Å². The maximum atomic E-state index is 8.37. The average molecular weight is 144 g/mol. The minimum absolute atomic E-state index is 0.560. The fraction of sp³-hybridized carbons (Fsp3) is 0.400. The topological polar surface area (TPSA) is 45.2 Å². The molecule has 0 atom stereocenters. The molecule has 0 spiro atoms. The van der Waals surface area contributed by atoms with Crippen LogP contribution in [0.3, 0.4) is 0 Å². The van der Waals surface area contributed by atoms with Crippen LogP contribution in [0.2, 0.25) is 0 Å². The Morgan fingerprint density at radius 2 is 2.22 bits per heavy atom. The standard InChI is InChI=1S/C5H8N2OS/c1-3-4(2)9-5(6-3)7-8/h8H,1-2H3,(H,6,7). The van der Waals surface area contributed by atoms with Crippen LogP contribution in [-0.4, -0.2) is 10.2 Å². The molecule has 0 bridgehead atoms. The van der Waals surface area contributed by atoms with Gasteiger partial charge in [0.15, 0.2) is 0 Å². The third-order valence-corrected chi connectivity index (χ3v) is 2.10. The molecule has 4 heteroatoms. The van der Waals surface area contributed by atoms with E-state index >= 15 is 0 Å². The highest BCUT2D eigenvalue weighted by Gasteiger charge is 1.99. The molecule has 0 aliphatic carbocycles.